The summed E-state index contributed by atoms with van der Waals surface area (Å²) in [6.45, 7) is 8.37. The van der Waals surface area contributed by atoms with E-state index in [1.165, 1.54) is 5.69 Å². The first-order valence-corrected chi connectivity index (χ1v) is 6.43. The van der Waals surface area contributed by atoms with Crippen molar-refractivity contribution in [2.24, 2.45) is 7.05 Å². The van der Waals surface area contributed by atoms with Gasteiger partial charge in [0.2, 0.25) is 0 Å². The Kier molecular flexibility index (Phi) is 5.29. The molecule has 0 aliphatic heterocycles. The number of alkyl halides is 1. The van der Waals surface area contributed by atoms with Crippen LogP contribution in [0.25, 0.3) is 0 Å². The molecular weight excluding hydrogens is 222 g/mol. The summed E-state index contributed by atoms with van der Waals surface area (Å²) in [5.41, 5.74) is 2.42. The zero-order valence-corrected chi connectivity index (χ0v) is 11.5. The third-order valence-corrected chi connectivity index (χ3v) is 3.03. The SMILES string of the molecule is CCc1cc(CN(CCCl)C(C)C)n(C)n1. The minimum absolute atomic E-state index is 0.513. The van der Waals surface area contributed by atoms with Crippen molar-refractivity contribution < 1.29 is 0 Å². The van der Waals surface area contributed by atoms with Crippen molar-refractivity contribution in [1.82, 2.24) is 14.7 Å². The highest BCUT2D eigenvalue weighted by molar-refractivity contribution is 6.18. The monoisotopic (exact) mass is 243 g/mol. The number of halogens is 1. The molecule has 0 saturated heterocycles. The van der Waals surface area contributed by atoms with E-state index in [1.54, 1.807) is 0 Å². The summed E-state index contributed by atoms with van der Waals surface area (Å²) in [5, 5.41) is 4.46. The molecule has 0 aromatic carbocycles. The number of rotatable bonds is 6. The molecule has 0 radical (unpaired) electrons. The predicted molar refractivity (Wildman–Crippen MR) is 68.9 cm³/mol. The molecule has 4 heteroatoms. The van der Waals surface area contributed by atoms with Gasteiger partial charge in [-0.3, -0.25) is 9.58 Å². The fraction of sp³-hybridized carbons (Fsp3) is 0.750. The number of aryl methyl sites for hydroxylation is 2. The maximum absolute atomic E-state index is 5.81. The van der Waals surface area contributed by atoms with E-state index in [0.29, 0.717) is 11.9 Å². The molecule has 0 unspecified atom stereocenters. The van der Waals surface area contributed by atoms with Crippen LogP contribution in [0.5, 0.6) is 0 Å². The van der Waals surface area contributed by atoms with Gasteiger partial charge >= 0.3 is 0 Å². The zero-order valence-electron chi connectivity index (χ0n) is 10.7. The van der Waals surface area contributed by atoms with Gasteiger partial charge in [0.05, 0.1) is 11.4 Å². The molecule has 0 aliphatic rings. The molecule has 0 N–H and O–H groups in total. The molecule has 0 spiro atoms. The third kappa shape index (κ3) is 3.49. The summed E-state index contributed by atoms with van der Waals surface area (Å²) in [4.78, 5) is 2.36. The molecule has 0 aliphatic carbocycles. The van der Waals surface area contributed by atoms with Crippen LogP contribution in [0.2, 0.25) is 0 Å². The standard InChI is InChI=1S/C12H22ClN3/c1-5-11-8-12(15(4)14-11)9-16(7-6-13)10(2)3/h8,10H,5-7,9H2,1-4H3. The van der Waals surface area contributed by atoms with E-state index < -0.39 is 0 Å². The summed E-state index contributed by atoms with van der Waals surface area (Å²) in [7, 11) is 2.01. The number of hydrogen-bond acceptors (Lipinski definition) is 2. The predicted octanol–water partition coefficient (Wildman–Crippen LogP) is 2.43. The summed E-state index contributed by atoms with van der Waals surface area (Å²) in [5.74, 6) is 0.677. The quantitative estimate of drug-likeness (QED) is 0.716. The summed E-state index contributed by atoms with van der Waals surface area (Å²) in [6.07, 6.45) is 0.991. The van der Waals surface area contributed by atoms with Gasteiger partial charge in [-0.1, -0.05) is 6.92 Å². The van der Waals surface area contributed by atoms with Gasteiger partial charge in [0.15, 0.2) is 0 Å². The maximum atomic E-state index is 5.81. The summed E-state index contributed by atoms with van der Waals surface area (Å²) >= 11 is 5.81. The average molecular weight is 244 g/mol. The minimum atomic E-state index is 0.513. The fourth-order valence-electron chi connectivity index (χ4n) is 1.73. The van der Waals surface area contributed by atoms with Crippen LogP contribution in [0.3, 0.4) is 0 Å². The van der Waals surface area contributed by atoms with E-state index in [0.717, 1.165) is 25.2 Å². The molecule has 1 aromatic heterocycles. The molecule has 16 heavy (non-hydrogen) atoms. The van der Waals surface area contributed by atoms with Gasteiger partial charge in [-0.05, 0) is 26.3 Å². The van der Waals surface area contributed by atoms with Crippen molar-refractivity contribution in [1.29, 1.82) is 0 Å². The Morgan fingerprint density at radius 3 is 2.62 bits per heavy atom. The lowest BCUT2D eigenvalue weighted by Gasteiger charge is -2.25. The minimum Gasteiger partial charge on any atom is -0.294 e. The molecule has 1 aromatic rings. The smallest absolute Gasteiger partial charge is 0.0625 e. The molecule has 0 saturated carbocycles. The van der Waals surface area contributed by atoms with Gasteiger partial charge in [0.1, 0.15) is 0 Å². The topological polar surface area (TPSA) is 21.1 Å². The van der Waals surface area contributed by atoms with Gasteiger partial charge in [-0.2, -0.15) is 5.10 Å². The van der Waals surface area contributed by atoms with Crippen molar-refractivity contribution in [3.8, 4) is 0 Å². The second kappa shape index (κ2) is 6.26. The van der Waals surface area contributed by atoms with Crippen LogP contribution in [0.15, 0.2) is 6.07 Å². The van der Waals surface area contributed by atoms with Gasteiger partial charge < -0.3 is 0 Å². The van der Waals surface area contributed by atoms with Gasteiger partial charge in [-0.25, -0.2) is 0 Å². The van der Waals surface area contributed by atoms with Crippen LogP contribution < -0.4 is 0 Å². The van der Waals surface area contributed by atoms with Gasteiger partial charge in [0.25, 0.3) is 0 Å². The molecule has 3 nitrogen and oxygen atoms in total. The molecule has 0 bridgehead atoms. The first-order valence-electron chi connectivity index (χ1n) is 5.90. The molecule has 1 rings (SSSR count). The maximum Gasteiger partial charge on any atom is 0.0625 e. The second-order valence-electron chi connectivity index (χ2n) is 4.36. The Balaban J connectivity index is 2.72. The van der Waals surface area contributed by atoms with Gasteiger partial charge in [0, 0.05) is 32.1 Å². The molecule has 92 valence electrons. The Bertz CT molecular complexity index is 320. The second-order valence-corrected chi connectivity index (χ2v) is 4.74. The Labute approximate surface area is 103 Å². The largest absolute Gasteiger partial charge is 0.294 e. The van der Waals surface area contributed by atoms with E-state index in [4.69, 9.17) is 11.6 Å². The van der Waals surface area contributed by atoms with Crippen molar-refractivity contribution >= 4 is 11.6 Å². The van der Waals surface area contributed by atoms with E-state index in [1.807, 2.05) is 11.7 Å². The van der Waals surface area contributed by atoms with Crippen LogP contribution in [0.4, 0.5) is 0 Å². The first-order chi connectivity index (χ1) is 7.58. The van der Waals surface area contributed by atoms with Crippen molar-refractivity contribution in [2.75, 3.05) is 12.4 Å². The van der Waals surface area contributed by atoms with Crippen LogP contribution in [0, 0.1) is 0 Å². The lowest BCUT2D eigenvalue weighted by atomic mass is 10.2. The third-order valence-electron chi connectivity index (χ3n) is 2.86. The van der Waals surface area contributed by atoms with Crippen molar-refractivity contribution in [3.63, 3.8) is 0 Å². The Morgan fingerprint density at radius 2 is 2.19 bits per heavy atom. The van der Waals surface area contributed by atoms with Crippen LogP contribution in [0.1, 0.15) is 32.2 Å². The summed E-state index contributed by atoms with van der Waals surface area (Å²) < 4.78 is 1.97. The summed E-state index contributed by atoms with van der Waals surface area (Å²) in [6, 6.07) is 2.70. The highest BCUT2D eigenvalue weighted by atomic mass is 35.5. The van der Waals surface area contributed by atoms with Gasteiger partial charge in [-0.15, -0.1) is 11.6 Å². The van der Waals surface area contributed by atoms with Crippen molar-refractivity contribution in [3.05, 3.63) is 17.5 Å². The highest BCUT2D eigenvalue weighted by Crippen LogP contribution is 2.10. The van der Waals surface area contributed by atoms with Crippen LogP contribution in [-0.4, -0.2) is 33.1 Å². The zero-order chi connectivity index (χ0) is 12.1. The number of hydrogen-bond donors (Lipinski definition) is 0. The lowest BCUT2D eigenvalue weighted by molar-refractivity contribution is 0.220. The Hall–Kier alpha value is -0.540. The molecule has 0 atom stereocenters. The van der Waals surface area contributed by atoms with E-state index in [-0.39, 0.29) is 0 Å². The molecule has 0 fully saturated rings. The van der Waals surface area contributed by atoms with Crippen molar-refractivity contribution in [2.45, 2.75) is 39.8 Å². The van der Waals surface area contributed by atoms with E-state index in [9.17, 15) is 0 Å². The van der Waals surface area contributed by atoms with E-state index in [2.05, 4.69) is 36.8 Å². The van der Waals surface area contributed by atoms with Crippen LogP contribution in [-0.2, 0) is 20.0 Å². The van der Waals surface area contributed by atoms with Crippen LogP contribution >= 0.6 is 11.6 Å². The number of nitrogens with zero attached hydrogens (tertiary/aromatic N) is 3. The Morgan fingerprint density at radius 1 is 1.50 bits per heavy atom. The molecule has 0 amide bonds. The highest BCUT2D eigenvalue weighted by Gasteiger charge is 2.12. The molecule has 1 heterocycles. The first kappa shape index (κ1) is 13.5. The fourth-order valence-corrected chi connectivity index (χ4v) is 1.95. The number of aromatic nitrogens is 2. The average Bonchev–Trinajstić information content (AvgIpc) is 2.59. The molecular formula is C12H22ClN3. The van der Waals surface area contributed by atoms with E-state index >= 15 is 0 Å². The normalized spacial score (nSPS) is 11.7. The lowest BCUT2D eigenvalue weighted by Crippen LogP contribution is -2.32.